The summed E-state index contributed by atoms with van der Waals surface area (Å²) in [5, 5.41) is 0. The molecule has 0 atom stereocenters. The first kappa shape index (κ1) is 14.9. The molecule has 0 spiro atoms. The van der Waals surface area contributed by atoms with Crippen molar-refractivity contribution in [3.63, 3.8) is 0 Å². The second-order valence-electron chi connectivity index (χ2n) is 5.64. The molecule has 0 aromatic rings. The third-order valence-corrected chi connectivity index (χ3v) is 3.58. The highest BCUT2D eigenvalue weighted by atomic mass is 15.2. The van der Waals surface area contributed by atoms with E-state index in [1.807, 2.05) is 0 Å². The number of piperidine rings is 1. The predicted molar refractivity (Wildman–Crippen MR) is 74.3 cm³/mol. The van der Waals surface area contributed by atoms with Crippen LogP contribution in [0.25, 0.3) is 0 Å². The van der Waals surface area contributed by atoms with Crippen molar-refractivity contribution < 1.29 is 0 Å². The monoisotopic (exact) mass is 242 g/mol. The Hall–Kier alpha value is -0.160. The van der Waals surface area contributed by atoms with Gasteiger partial charge in [0.1, 0.15) is 0 Å². The van der Waals surface area contributed by atoms with E-state index in [0.29, 0.717) is 6.04 Å². The summed E-state index contributed by atoms with van der Waals surface area (Å²) in [6.45, 7) is 7.14. The van der Waals surface area contributed by atoms with E-state index in [-0.39, 0.29) is 0 Å². The van der Waals surface area contributed by atoms with E-state index >= 15 is 0 Å². The van der Waals surface area contributed by atoms with Crippen LogP contribution in [-0.4, -0.2) is 81.2 Å². The van der Waals surface area contributed by atoms with Crippen LogP contribution in [-0.2, 0) is 0 Å². The quantitative estimate of drug-likeness (QED) is 0.696. The van der Waals surface area contributed by atoms with E-state index in [0.717, 1.165) is 0 Å². The SMILES string of the molecule is CN(C)CCCN(C)CCN1CCC(N)CC1. The molecule has 0 bridgehead atoms. The van der Waals surface area contributed by atoms with Crippen LogP contribution in [0.4, 0.5) is 0 Å². The highest BCUT2D eigenvalue weighted by molar-refractivity contribution is 4.74. The second kappa shape index (κ2) is 8.03. The molecule has 0 saturated carbocycles. The van der Waals surface area contributed by atoms with Crippen molar-refractivity contribution in [2.24, 2.45) is 5.73 Å². The Balaban J connectivity index is 2.01. The van der Waals surface area contributed by atoms with Gasteiger partial charge in [0.05, 0.1) is 0 Å². The molecule has 0 aromatic heterocycles. The van der Waals surface area contributed by atoms with E-state index in [4.69, 9.17) is 5.73 Å². The Morgan fingerprint density at radius 2 is 1.71 bits per heavy atom. The zero-order valence-corrected chi connectivity index (χ0v) is 11.9. The maximum atomic E-state index is 5.91. The molecule has 1 fully saturated rings. The lowest BCUT2D eigenvalue weighted by Gasteiger charge is -2.31. The highest BCUT2D eigenvalue weighted by Gasteiger charge is 2.15. The third kappa shape index (κ3) is 6.99. The summed E-state index contributed by atoms with van der Waals surface area (Å²) >= 11 is 0. The minimum atomic E-state index is 0.448. The van der Waals surface area contributed by atoms with Gasteiger partial charge in [-0.15, -0.1) is 0 Å². The van der Waals surface area contributed by atoms with E-state index in [2.05, 4.69) is 35.8 Å². The van der Waals surface area contributed by atoms with Crippen LogP contribution in [0.2, 0.25) is 0 Å². The molecule has 2 N–H and O–H groups in total. The van der Waals surface area contributed by atoms with Crippen LogP contribution in [0.15, 0.2) is 0 Å². The molecule has 102 valence electrons. The number of rotatable bonds is 7. The average molecular weight is 242 g/mol. The van der Waals surface area contributed by atoms with Crippen LogP contribution in [0.3, 0.4) is 0 Å². The van der Waals surface area contributed by atoms with Gasteiger partial charge in [-0.1, -0.05) is 0 Å². The standard InChI is InChI=1S/C13H30N4/c1-15(2)7-4-8-16(3)11-12-17-9-5-13(14)6-10-17/h13H,4-12,14H2,1-3H3. The maximum Gasteiger partial charge on any atom is 0.0109 e. The van der Waals surface area contributed by atoms with Gasteiger partial charge in [-0.05, 0) is 66.6 Å². The summed E-state index contributed by atoms with van der Waals surface area (Å²) in [5.41, 5.74) is 5.91. The minimum Gasteiger partial charge on any atom is -0.328 e. The van der Waals surface area contributed by atoms with Crippen LogP contribution in [0.5, 0.6) is 0 Å². The van der Waals surface area contributed by atoms with E-state index in [9.17, 15) is 0 Å². The van der Waals surface area contributed by atoms with E-state index in [1.54, 1.807) is 0 Å². The number of likely N-dealkylation sites (N-methyl/N-ethyl adjacent to an activating group) is 1. The van der Waals surface area contributed by atoms with E-state index in [1.165, 1.54) is 58.5 Å². The molecule has 17 heavy (non-hydrogen) atoms. The molecule has 1 rings (SSSR count). The van der Waals surface area contributed by atoms with Crippen LogP contribution in [0.1, 0.15) is 19.3 Å². The number of hydrogen-bond acceptors (Lipinski definition) is 4. The minimum absolute atomic E-state index is 0.448. The lowest BCUT2D eigenvalue weighted by Crippen LogP contribution is -2.42. The molecule has 4 nitrogen and oxygen atoms in total. The van der Waals surface area contributed by atoms with E-state index < -0.39 is 0 Å². The number of hydrogen-bond donors (Lipinski definition) is 1. The van der Waals surface area contributed by atoms with Gasteiger partial charge in [-0.3, -0.25) is 0 Å². The normalized spacial score (nSPS) is 19.4. The summed E-state index contributed by atoms with van der Waals surface area (Å²) in [6, 6.07) is 0.448. The summed E-state index contributed by atoms with van der Waals surface area (Å²) < 4.78 is 0. The predicted octanol–water partition coefficient (Wildman–Crippen LogP) is 0.293. The van der Waals surface area contributed by atoms with Crippen molar-refractivity contribution in [2.75, 3.05) is 60.4 Å². The Bertz CT molecular complexity index is 188. The molecular formula is C13H30N4. The van der Waals surface area contributed by atoms with Crippen molar-refractivity contribution in [1.29, 1.82) is 0 Å². The molecule has 1 aliphatic heterocycles. The zero-order valence-electron chi connectivity index (χ0n) is 11.9. The molecule has 1 heterocycles. The molecular weight excluding hydrogens is 212 g/mol. The topological polar surface area (TPSA) is 35.7 Å². The summed E-state index contributed by atoms with van der Waals surface area (Å²) in [7, 11) is 6.50. The number of nitrogens with zero attached hydrogens (tertiary/aromatic N) is 3. The highest BCUT2D eigenvalue weighted by Crippen LogP contribution is 2.07. The number of nitrogens with two attached hydrogens (primary N) is 1. The van der Waals surface area contributed by atoms with Crippen LogP contribution in [0, 0.1) is 0 Å². The summed E-state index contributed by atoms with van der Waals surface area (Å²) in [6.07, 6.45) is 3.60. The van der Waals surface area contributed by atoms with Gasteiger partial charge in [0.2, 0.25) is 0 Å². The van der Waals surface area contributed by atoms with Gasteiger partial charge in [0.25, 0.3) is 0 Å². The van der Waals surface area contributed by atoms with Crippen molar-refractivity contribution in [1.82, 2.24) is 14.7 Å². The number of likely N-dealkylation sites (tertiary alicyclic amines) is 1. The van der Waals surface area contributed by atoms with Crippen molar-refractivity contribution in [2.45, 2.75) is 25.3 Å². The van der Waals surface area contributed by atoms with Gasteiger partial charge >= 0.3 is 0 Å². The molecule has 4 heteroatoms. The first-order valence-corrected chi connectivity index (χ1v) is 6.89. The van der Waals surface area contributed by atoms with Gasteiger partial charge in [0.15, 0.2) is 0 Å². The molecule has 0 aliphatic carbocycles. The fraction of sp³-hybridized carbons (Fsp3) is 1.00. The molecule has 0 aromatic carbocycles. The summed E-state index contributed by atoms with van der Waals surface area (Å²) in [5.74, 6) is 0. The molecule has 1 saturated heterocycles. The largest absolute Gasteiger partial charge is 0.328 e. The third-order valence-electron chi connectivity index (χ3n) is 3.58. The summed E-state index contributed by atoms with van der Waals surface area (Å²) in [4.78, 5) is 7.24. The lowest BCUT2D eigenvalue weighted by molar-refractivity contribution is 0.183. The van der Waals surface area contributed by atoms with Crippen molar-refractivity contribution in [3.05, 3.63) is 0 Å². The smallest absolute Gasteiger partial charge is 0.0109 e. The van der Waals surface area contributed by atoms with Crippen LogP contribution < -0.4 is 5.73 Å². The maximum absolute atomic E-state index is 5.91. The van der Waals surface area contributed by atoms with Gasteiger partial charge in [-0.2, -0.15) is 0 Å². The van der Waals surface area contributed by atoms with Crippen LogP contribution >= 0.6 is 0 Å². The lowest BCUT2D eigenvalue weighted by atomic mass is 10.1. The van der Waals surface area contributed by atoms with Gasteiger partial charge < -0.3 is 20.4 Å². The molecule has 1 aliphatic rings. The van der Waals surface area contributed by atoms with Crippen molar-refractivity contribution >= 4 is 0 Å². The first-order valence-electron chi connectivity index (χ1n) is 6.89. The Kier molecular flexibility index (Phi) is 7.04. The fourth-order valence-corrected chi connectivity index (χ4v) is 2.26. The average Bonchev–Trinajstić information content (AvgIpc) is 2.28. The molecule has 0 radical (unpaired) electrons. The Labute approximate surface area is 107 Å². The van der Waals surface area contributed by atoms with Gasteiger partial charge in [0, 0.05) is 19.1 Å². The molecule has 0 amide bonds. The first-order chi connectivity index (χ1) is 8.08. The van der Waals surface area contributed by atoms with Gasteiger partial charge in [-0.25, -0.2) is 0 Å². The Morgan fingerprint density at radius 1 is 1.06 bits per heavy atom. The zero-order chi connectivity index (χ0) is 12.7. The Morgan fingerprint density at radius 3 is 2.29 bits per heavy atom. The fourth-order valence-electron chi connectivity index (χ4n) is 2.26. The van der Waals surface area contributed by atoms with Crippen molar-refractivity contribution in [3.8, 4) is 0 Å². The second-order valence-corrected chi connectivity index (χ2v) is 5.64. The molecule has 0 unspecified atom stereocenters.